The summed E-state index contributed by atoms with van der Waals surface area (Å²) in [5.74, 6) is 1.59. The van der Waals surface area contributed by atoms with Crippen LogP contribution in [0.2, 0.25) is 0 Å². The van der Waals surface area contributed by atoms with Crippen molar-refractivity contribution in [1.29, 1.82) is 0 Å². The predicted octanol–water partition coefficient (Wildman–Crippen LogP) is 3.72. The standard InChI is InChI=1S/C32H37N3O6/c1-40-26-8-3-19(14-27(26)41-2)9-10-34(31(39)32-16-20-11-21(17-32)13-22(12-20)18-32)25-15-28(36)35(30(25)38)24-6-4-23(5-7-24)29(33)37/h3-8,14,20-22,25H,9-13,15-18H2,1-2H3,(H2,33,37). The number of hydrogen-bond donors (Lipinski definition) is 1. The highest BCUT2D eigenvalue weighted by atomic mass is 16.5. The Bertz CT molecular complexity index is 1350. The van der Waals surface area contributed by atoms with Crippen molar-refractivity contribution in [3.63, 3.8) is 0 Å². The lowest BCUT2D eigenvalue weighted by atomic mass is 9.49. The molecule has 2 aromatic carbocycles. The number of nitrogens with zero attached hydrogens (tertiary/aromatic N) is 2. The molecule has 1 unspecified atom stereocenters. The van der Waals surface area contributed by atoms with Crippen molar-refractivity contribution < 1.29 is 28.7 Å². The third-order valence-corrected chi connectivity index (χ3v) is 9.75. The van der Waals surface area contributed by atoms with Crippen molar-refractivity contribution in [2.45, 2.75) is 57.4 Å². The van der Waals surface area contributed by atoms with Gasteiger partial charge in [-0.25, -0.2) is 4.90 Å². The monoisotopic (exact) mass is 559 g/mol. The molecule has 2 aromatic rings. The fourth-order valence-electron chi connectivity index (χ4n) is 8.27. The molecule has 0 spiro atoms. The zero-order chi connectivity index (χ0) is 28.9. The SMILES string of the molecule is COc1ccc(CCN(C(=O)C23CC4CC(CC(C4)C2)C3)C2CC(=O)N(c3ccc(C(N)=O)cc3)C2=O)cc1OC. The van der Waals surface area contributed by atoms with Crippen LogP contribution in [0.15, 0.2) is 42.5 Å². The highest BCUT2D eigenvalue weighted by Gasteiger charge is 2.57. The van der Waals surface area contributed by atoms with Crippen molar-refractivity contribution in [1.82, 2.24) is 4.90 Å². The largest absolute Gasteiger partial charge is 0.493 e. The van der Waals surface area contributed by atoms with Gasteiger partial charge in [-0.3, -0.25) is 19.2 Å². The van der Waals surface area contributed by atoms with Gasteiger partial charge in [-0.15, -0.1) is 0 Å². The number of nitrogens with two attached hydrogens (primary N) is 1. The van der Waals surface area contributed by atoms with E-state index in [1.54, 1.807) is 31.3 Å². The summed E-state index contributed by atoms with van der Waals surface area (Å²) in [5.41, 5.74) is 6.51. The average Bonchev–Trinajstić information content (AvgIpc) is 3.25. The smallest absolute Gasteiger partial charge is 0.257 e. The summed E-state index contributed by atoms with van der Waals surface area (Å²) >= 11 is 0. The van der Waals surface area contributed by atoms with Crippen molar-refractivity contribution >= 4 is 29.3 Å². The van der Waals surface area contributed by atoms with Gasteiger partial charge in [-0.2, -0.15) is 0 Å². The van der Waals surface area contributed by atoms with Crippen LogP contribution in [0, 0.1) is 23.2 Å². The van der Waals surface area contributed by atoms with E-state index in [4.69, 9.17) is 15.2 Å². The van der Waals surface area contributed by atoms with Crippen molar-refractivity contribution in [2.75, 3.05) is 25.7 Å². The molecular weight excluding hydrogens is 522 g/mol. The van der Waals surface area contributed by atoms with Crippen LogP contribution < -0.4 is 20.1 Å². The Kier molecular flexibility index (Phi) is 6.99. The number of hydrogen-bond acceptors (Lipinski definition) is 6. The van der Waals surface area contributed by atoms with E-state index < -0.39 is 23.3 Å². The van der Waals surface area contributed by atoms with Crippen LogP contribution in [0.3, 0.4) is 0 Å². The summed E-state index contributed by atoms with van der Waals surface area (Å²) in [6, 6.07) is 10.9. The minimum absolute atomic E-state index is 0.0224. The second-order valence-electron chi connectivity index (χ2n) is 12.3. The summed E-state index contributed by atoms with van der Waals surface area (Å²) < 4.78 is 10.8. The average molecular weight is 560 g/mol. The minimum Gasteiger partial charge on any atom is -0.493 e. The van der Waals surface area contributed by atoms with Gasteiger partial charge >= 0.3 is 0 Å². The Balaban J connectivity index is 1.30. The van der Waals surface area contributed by atoms with E-state index in [9.17, 15) is 19.2 Å². The van der Waals surface area contributed by atoms with Crippen LogP contribution in [-0.4, -0.2) is 55.3 Å². The van der Waals surface area contributed by atoms with E-state index >= 15 is 0 Å². The second-order valence-corrected chi connectivity index (χ2v) is 12.3. The first-order chi connectivity index (χ1) is 19.7. The number of amides is 4. The fourth-order valence-corrected chi connectivity index (χ4v) is 8.27. The van der Waals surface area contributed by atoms with Crippen LogP contribution in [-0.2, 0) is 20.8 Å². The number of rotatable bonds is 9. The first kappa shape index (κ1) is 27.3. The third-order valence-electron chi connectivity index (χ3n) is 9.75. The molecule has 1 aliphatic heterocycles. The molecule has 4 amide bonds. The number of anilines is 1. The molecule has 0 radical (unpaired) electrons. The minimum atomic E-state index is -0.876. The Morgan fingerprint density at radius 1 is 0.927 bits per heavy atom. The van der Waals surface area contributed by atoms with Crippen LogP contribution >= 0.6 is 0 Å². The molecule has 9 heteroatoms. The number of imide groups is 1. The summed E-state index contributed by atoms with van der Waals surface area (Å²) in [4.78, 5) is 56.1. The van der Waals surface area contributed by atoms with Crippen LogP contribution in [0.5, 0.6) is 11.5 Å². The van der Waals surface area contributed by atoms with Gasteiger partial charge in [0, 0.05) is 12.1 Å². The van der Waals surface area contributed by atoms with Crippen molar-refractivity contribution in [3.05, 3.63) is 53.6 Å². The maximum Gasteiger partial charge on any atom is 0.257 e. The van der Waals surface area contributed by atoms with E-state index in [0.717, 1.165) is 29.7 Å². The molecule has 4 bridgehead atoms. The lowest BCUT2D eigenvalue weighted by Gasteiger charge is -2.57. The zero-order valence-electron chi connectivity index (χ0n) is 23.6. The Labute approximate surface area is 239 Å². The molecule has 5 fully saturated rings. The molecule has 4 saturated carbocycles. The van der Waals surface area contributed by atoms with Gasteiger partial charge in [0.05, 0.1) is 31.7 Å². The Hall–Kier alpha value is -3.88. The first-order valence-corrected chi connectivity index (χ1v) is 14.5. The van der Waals surface area contributed by atoms with Crippen molar-refractivity contribution in [3.8, 4) is 11.5 Å². The molecule has 0 aromatic heterocycles. The van der Waals surface area contributed by atoms with Crippen LogP contribution in [0.4, 0.5) is 5.69 Å². The van der Waals surface area contributed by atoms with E-state index in [0.29, 0.717) is 47.9 Å². The summed E-state index contributed by atoms with van der Waals surface area (Å²) in [7, 11) is 3.16. The van der Waals surface area contributed by atoms with Crippen LogP contribution in [0.1, 0.15) is 60.9 Å². The molecular formula is C32H37N3O6. The molecule has 7 rings (SSSR count). The van der Waals surface area contributed by atoms with Gasteiger partial charge < -0.3 is 20.1 Å². The number of carbonyl (C=O) groups is 4. The number of primary amides is 1. The summed E-state index contributed by atoms with van der Waals surface area (Å²) in [5, 5.41) is 0. The van der Waals surface area contributed by atoms with Gasteiger partial charge in [0.15, 0.2) is 11.5 Å². The Morgan fingerprint density at radius 3 is 2.10 bits per heavy atom. The lowest BCUT2D eigenvalue weighted by Crippen LogP contribution is -2.58. The highest BCUT2D eigenvalue weighted by Crippen LogP contribution is 2.60. The normalized spacial score (nSPS) is 28.2. The summed E-state index contributed by atoms with van der Waals surface area (Å²) in [6.45, 7) is 0.314. The molecule has 2 N–H and O–H groups in total. The molecule has 5 aliphatic rings. The van der Waals surface area contributed by atoms with Gasteiger partial charge in [-0.05, 0) is 105 Å². The van der Waals surface area contributed by atoms with Gasteiger partial charge in [0.25, 0.3) is 5.91 Å². The fraction of sp³-hybridized carbons (Fsp3) is 0.500. The quantitative estimate of drug-likeness (QED) is 0.468. The molecule has 4 aliphatic carbocycles. The number of benzene rings is 2. The third kappa shape index (κ3) is 4.85. The molecule has 41 heavy (non-hydrogen) atoms. The highest BCUT2D eigenvalue weighted by molar-refractivity contribution is 6.23. The molecule has 1 heterocycles. The van der Waals surface area contributed by atoms with Gasteiger partial charge in [-0.1, -0.05) is 6.07 Å². The van der Waals surface area contributed by atoms with E-state index in [-0.39, 0.29) is 23.8 Å². The van der Waals surface area contributed by atoms with Crippen molar-refractivity contribution in [2.24, 2.45) is 28.9 Å². The summed E-state index contributed by atoms with van der Waals surface area (Å²) in [6.07, 6.45) is 6.66. The zero-order valence-corrected chi connectivity index (χ0v) is 23.6. The molecule has 1 atom stereocenters. The van der Waals surface area contributed by atoms with Gasteiger partial charge in [0.1, 0.15) is 6.04 Å². The maximum atomic E-state index is 14.6. The van der Waals surface area contributed by atoms with E-state index in [1.165, 1.54) is 31.4 Å². The number of ether oxygens (including phenoxy) is 2. The number of methoxy groups -OCH3 is 2. The second kappa shape index (κ2) is 10.5. The van der Waals surface area contributed by atoms with E-state index in [1.807, 2.05) is 18.2 Å². The topological polar surface area (TPSA) is 119 Å². The van der Waals surface area contributed by atoms with E-state index in [2.05, 4.69) is 0 Å². The van der Waals surface area contributed by atoms with Gasteiger partial charge in [0.2, 0.25) is 17.7 Å². The Morgan fingerprint density at radius 2 is 1.54 bits per heavy atom. The van der Waals surface area contributed by atoms with Crippen LogP contribution in [0.25, 0.3) is 0 Å². The molecule has 216 valence electrons. The number of carbonyl (C=O) groups excluding carboxylic acids is 4. The molecule has 9 nitrogen and oxygen atoms in total. The molecule has 1 saturated heterocycles. The first-order valence-electron chi connectivity index (χ1n) is 14.5. The maximum absolute atomic E-state index is 14.6. The lowest BCUT2D eigenvalue weighted by molar-refractivity contribution is -0.161. The predicted molar refractivity (Wildman–Crippen MR) is 151 cm³/mol.